The van der Waals surface area contributed by atoms with Crippen molar-refractivity contribution in [3.05, 3.63) is 35.8 Å². The SMILES string of the molecule is C[C@H](NC(=O)c1cc2cc(F)ccc2n1C)C(=O)O. The molecule has 0 aliphatic rings. The summed E-state index contributed by atoms with van der Waals surface area (Å²) in [5, 5.41) is 11.7. The van der Waals surface area contributed by atoms with Gasteiger partial charge in [-0.1, -0.05) is 0 Å². The molecule has 0 radical (unpaired) electrons. The Balaban J connectivity index is 2.37. The molecule has 100 valence electrons. The van der Waals surface area contributed by atoms with Crippen molar-refractivity contribution >= 4 is 22.8 Å². The first kappa shape index (κ1) is 13.1. The van der Waals surface area contributed by atoms with Gasteiger partial charge >= 0.3 is 5.97 Å². The van der Waals surface area contributed by atoms with Gasteiger partial charge in [0.25, 0.3) is 5.91 Å². The van der Waals surface area contributed by atoms with E-state index in [1.165, 1.54) is 25.1 Å². The molecule has 0 aliphatic carbocycles. The molecule has 0 fully saturated rings. The first-order chi connectivity index (χ1) is 8.90. The molecule has 0 bridgehead atoms. The van der Waals surface area contributed by atoms with Gasteiger partial charge in [0.2, 0.25) is 0 Å². The zero-order valence-corrected chi connectivity index (χ0v) is 10.5. The average molecular weight is 264 g/mol. The molecule has 0 saturated heterocycles. The number of halogens is 1. The number of benzene rings is 1. The van der Waals surface area contributed by atoms with Crippen molar-refractivity contribution in [2.75, 3.05) is 0 Å². The Hall–Kier alpha value is -2.37. The van der Waals surface area contributed by atoms with Crippen LogP contribution in [0, 0.1) is 5.82 Å². The van der Waals surface area contributed by atoms with E-state index >= 15 is 0 Å². The normalized spacial score (nSPS) is 12.4. The predicted octanol–water partition coefficient (Wildman–Crippen LogP) is 1.52. The van der Waals surface area contributed by atoms with E-state index in [0.717, 1.165) is 0 Å². The van der Waals surface area contributed by atoms with Crippen LogP contribution in [0.2, 0.25) is 0 Å². The van der Waals surface area contributed by atoms with E-state index in [2.05, 4.69) is 5.32 Å². The zero-order chi connectivity index (χ0) is 14.2. The van der Waals surface area contributed by atoms with Gasteiger partial charge in [0.15, 0.2) is 0 Å². The van der Waals surface area contributed by atoms with Gasteiger partial charge in [0.05, 0.1) is 0 Å². The van der Waals surface area contributed by atoms with Crippen LogP contribution in [0.1, 0.15) is 17.4 Å². The third-order valence-corrected chi connectivity index (χ3v) is 2.96. The van der Waals surface area contributed by atoms with E-state index < -0.39 is 17.9 Å². The molecule has 6 heteroatoms. The van der Waals surface area contributed by atoms with Gasteiger partial charge in [0.1, 0.15) is 17.6 Å². The number of carbonyl (C=O) groups is 2. The van der Waals surface area contributed by atoms with Gasteiger partial charge in [0, 0.05) is 18.0 Å². The summed E-state index contributed by atoms with van der Waals surface area (Å²) in [6.07, 6.45) is 0. The molecule has 1 aromatic heterocycles. The molecular weight excluding hydrogens is 251 g/mol. The fourth-order valence-corrected chi connectivity index (χ4v) is 1.87. The van der Waals surface area contributed by atoms with E-state index in [1.54, 1.807) is 17.7 Å². The first-order valence-corrected chi connectivity index (χ1v) is 5.69. The van der Waals surface area contributed by atoms with Crippen molar-refractivity contribution in [2.45, 2.75) is 13.0 Å². The molecule has 19 heavy (non-hydrogen) atoms. The maximum atomic E-state index is 13.1. The molecule has 2 rings (SSSR count). The molecule has 0 spiro atoms. The van der Waals surface area contributed by atoms with Crippen LogP contribution in [0.25, 0.3) is 10.9 Å². The second-order valence-corrected chi connectivity index (χ2v) is 4.33. The molecule has 0 aliphatic heterocycles. The van der Waals surface area contributed by atoms with Crippen molar-refractivity contribution in [3.63, 3.8) is 0 Å². The lowest BCUT2D eigenvalue weighted by Gasteiger charge is -2.09. The standard InChI is InChI=1S/C13H13FN2O3/c1-7(13(18)19)15-12(17)11-6-8-5-9(14)3-4-10(8)16(11)2/h3-7H,1-2H3,(H,15,17)(H,18,19)/t7-/m0/s1. The summed E-state index contributed by atoms with van der Waals surface area (Å²) in [5.41, 5.74) is 0.989. The van der Waals surface area contributed by atoms with Crippen molar-refractivity contribution in [1.82, 2.24) is 9.88 Å². The lowest BCUT2D eigenvalue weighted by molar-refractivity contribution is -0.138. The predicted molar refractivity (Wildman–Crippen MR) is 67.4 cm³/mol. The van der Waals surface area contributed by atoms with Gasteiger partial charge in [-0.25, -0.2) is 4.39 Å². The van der Waals surface area contributed by atoms with Gasteiger partial charge in [-0.2, -0.15) is 0 Å². The van der Waals surface area contributed by atoms with Gasteiger partial charge in [-0.05, 0) is 31.2 Å². The van der Waals surface area contributed by atoms with Crippen LogP contribution in [-0.2, 0) is 11.8 Å². The van der Waals surface area contributed by atoms with E-state index in [1.807, 2.05) is 0 Å². The van der Waals surface area contributed by atoms with Crippen molar-refractivity contribution in [1.29, 1.82) is 0 Å². The van der Waals surface area contributed by atoms with Crippen molar-refractivity contribution < 1.29 is 19.1 Å². The fourth-order valence-electron chi connectivity index (χ4n) is 1.87. The minimum Gasteiger partial charge on any atom is -0.480 e. The topological polar surface area (TPSA) is 71.3 Å². The van der Waals surface area contributed by atoms with E-state index in [9.17, 15) is 14.0 Å². The summed E-state index contributed by atoms with van der Waals surface area (Å²) >= 11 is 0. The number of hydrogen-bond donors (Lipinski definition) is 2. The Labute approximate surface area is 108 Å². The quantitative estimate of drug-likeness (QED) is 0.883. The highest BCUT2D eigenvalue weighted by molar-refractivity contribution is 6.00. The number of aryl methyl sites for hydroxylation is 1. The fraction of sp³-hybridized carbons (Fsp3) is 0.231. The number of amides is 1. The van der Waals surface area contributed by atoms with Crippen LogP contribution in [0.3, 0.4) is 0 Å². The number of aliphatic carboxylic acids is 1. The number of fused-ring (bicyclic) bond motifs is 1. The molecule has 1 aromatic carbocycles. The zero-order valence-electron chi connectivity index (χ0n) is 10.5. The maximum absolute atomic E-state index is 13.1. The molecule has 0 saturated carbocycles. The highest BCUT2D eigenvalue weighted by atomic mass is 19.1. The van der Waals surface area contributed by atoms with Gasteiger partial charge in [-0.15, -0.1) is 0 Å². The third kappa shape index (κ3) is 2.42. The highest BCUT2D eigenvalue weighted by Crippen LogP contribution is 2.19. The average Bonchev–Trinajstić information content (AvgIpc) is 2.66. The van der Waals surface area contributed by atoms with Crippen molar-refractivity contribution in [3.8, 4) is 0 Å². The number of nitrogens with zero attached hydrogens (tertiary/aromatic N) is 1. The van der Waals surface area contributed by atoms with Crippen molar-refractivity contribution in [2.24, 2.45) is 7.05 Å². The van der Waals surface area contributed by atoms with Crippen LogP contribution >= 0.6 is 0 Å². The maximum Gasteiger partial charge on any atom is 0.325 e. The number of aromatic nitrogens is 1. The van der Waals surface area contributed by atoms with E-state index in [4.69, 9.17) is 5.11 Å². The number of rotatable bonds is 3. The first-order valence-electron chi connectivity index (χ1n) is 5.69. The number of nitrogens with one attached hydrogen (secondary N) is 1. The van der Waals surface area contributed by atoms with Gasteiger partial charge in [-0.3, -0.25) is 9.59 Å². The lowest BCUT2D eigenvalue weighted by atomic mass is 10.2. The number of hydrogen-bond acceptors (Lipinski definition) is 2. The second kappa shape index (κ2) is 4.72. The van der Waals surface area contributed by atoms with Crippen LogP contribution < -0.4 is 5.32 Å². The molecule has 2 N–H and O–H groups in total. The third-order valence-electron chi connectivity index (χ3n) is 2.96. The van der Waals surface area contributed by atoms with Crippen LogP contribution in [0.15, 0.2) is 24.3 Å². The van der Waals surface area contributed by atoms with E-state index in [0.29, 0.717) is 10.9 Å². The Morgan fingerprint density at radius 3 is 2.68 bits per heavy atom. The summed E-state index contributed by atoms with van der Waals surface area (Å²) in [6, 6.07) is 4.75. The molecular formula is C13H13FN2O3. The Morgan fingerprint density at radius 2 is 2.05 bits per heavy atom. The molecule has 0 unspecified atom stereocenters. The number of carboxylic acid groups (broad SMARTS) is 1. The number of carbonyl (C=O) groups excluding carboxylic acids is 1. The molecule has 2 aromatic rings. The monoisotopic (exact) mass is 264 g/mol. The van der Waals surface area contributed by atoms with Crippen LogP contribution in [0.4, 0.5) is 4.39 Å². The Bertz CT molecular complexity index is 663. The smallest absolute Gasteiger partial charge is 0.325 e. The number of carboxylic acids is 1. The lowest BCUT2D eigenvalue weighted by Crippen LogP contribution is -2.39. The summed E-state index contributed by atoms with van der Waals surface area (Å²) in [7, 11) is 1.67. The van der Waals surface area contributed by atoms with Gasteiger partial charge < -0.3 is 15.0 Å². The Kier molecular flexibility index (Phi) is 3.25. The molecule has 1 heterocycles. The molecule has 1 atom stereocenters. The minimum atomic E-state index is -1.11. The summed E-state index contributed by atoms with van der Waals surface area (Å²) in [4.78, 5) is 22.6. The second-order valence-electron chi connectivity index (χ2n) is 4.33. The summed E-state index contributed by atoms with van der Waals surface area (Å²) < 4.78 is 14.7. The largest absolute Gasteiger partial charge is 0.480 e. The van der Waals surface area contributed by atoms with E-state index in [-0.39, 0.29) is 11.5 Å². The molecule has 1 amide bonds. The Morgan fingerprint density at radius 1 is 1.37 bits per heavy atom. The highest BCUT2D eigenvalue weighted by Gasteiger charge is 2.18. The van der Waals surface area contributed by atoms with Crippen LogP contribution in [0.5, 0.6) is 0 Å². The summed E-state index contributed by atoms with van der Waals surface area (Å²) in [5.74, 6) is -2.00. The molecule has 5 nitrogen and oxygen atoms in total. The van der Waals surface area contributed by atoms with Crippen LogP contribution in [-0.4, -0.2) is 27.6 Å². The minimum absolute atomic E-state index is 0.286. The summed E-state index contributed by atoms with van der Waals surface area (Å²) in [6.45, 7) is 1.38.